The van der Waals surface area contributed by atoms with Crippen LogP contribution in [0, 0.1) is 30.5 Å². The SMILES string of the molecule is Cc1ncc(F)c(NC2C(C(N)=O)[C@@H]3C=C[C@H]2C3)n1. The highest BCUT2D eigenvalue weighted by molar-refractivity contribution is 5.79. The first-order valence-corrected chi connectivity index (χ1v) is 6.29. The van der Waals surface area contributed by atoms with Crippen molar-refractivity contribution in [2.75, 3.05) is 5.32 Å². The van der Waals surface area contributed by atoms with E-state index < -0.39 is 5.82 Å². The van der Waals surface area contributed by atoms with E-state index in [4.69, 9.17) is 5.73 Å². The molecule has 2 bridgehead atoms. The summed E-state index contributed by atoms with van der Waals surface area (Å²) >= 11 is 0. The molecule has 3 rings (SSSR count). The van der Waals surface area contributed by atoms with Gasteiger partial charge in [-0.15, -0.1) is 0 Å². The Labute approximate surface area is 110 Å². The molecule has 1 saturated carbocycles. The van der Waals surface area contributed by atoms with Crippen LogP contribution in [0.3, 0.4) is 0 Å². The number of aryl methyl sites for hydroxylation is 1. The molecule has 1 heterocycles. The highest BCUT2D eigenvalue weighted by Crippen LogP contribution is 2.44. The van der Waals surface area contributed by atoms with E-state index in [9.17, 15) is 9.18 Å². The maximum absolute atomic E-state index is 13.7. The van der Waals surface area contributed by atoms with E-state index in [0.717, 1.165) is 12.6 Å². The van der Waals surface area contributed by atoms with E-state index in [1.807, 2.05) is 6.08 Å². The Bertz CT molecular complexity index is 560. The monoisotopic (exact) mass is 262 g/mol. The van der Waals surface area contributed by atoms with E-state index in [2.05, 4.69) is 21.4 Å². The van der Waals surface area contributed by atoms with Gasteiger partial charge in [0, 0.05) is 6.04 Å². The first kappa shape index (κ1) is 12.1. The lowest BCUT2D eigenvalue weighted by Gasteiger charge is -2.27. The Morgan fingerprint density at radius 1 is 1.47 bits per heavy atom. The smallest absolute Gasteiger partial charge is 0.223 e. The van der Waals surface area contributed by atoms with Crippen molar-refractivity contribution in [3.05, 3.63) is 30.0 Å². The lowest BCUT2D eigenvalue weighted by molar-refractivity contribution is -0.122. The summed E-state index contributed by atoms with van der Waals surface area (Å²) < 4.78 is 13.7. The molecule has 2 unspecified atom stereocenters. The van der Waals surface area contributed by atoms with Crippen LogP contribution in [0.1, 0.15) is 12.2 Å². The third-order valence-corrected chi connectivity index (χ3v) is 3.96. The number of anilines is 1. The summed E-state index contributed by atoms with van der Waals surface area (Å²) in [7, 11) is 0. The maximum Gasteiger partial charge on any atom is 0.223 e. The Morgan fingerprint density at radius 3 is 2.95 bits per heavy atom. The van der Waals surface area contributed by atoms with Gasteiger partial charge in [0.05, 0.1) is 12.1 Å². The zero-order chi connectivity index (χ0) is 13.6. The van der Waals surface area contributed by atoms with Gasteiger partial charge < -0.3 is 11.1 Å². The molecule has 19 heavy (non-hydrogen) atoms. The number of allylic oxidation sites excluding steroid dienone is 1. The third-order valence-electron chi connectivity index (χ3n) is 3.96. The van der Waals surface area contributed by atoms with Crippen molar-refractivity contribution in [2.45, 2.75) is 19.4 Å². The predicted molar refractivity (Wildman–Crippen MR) is 67.6 cm³/mol. The Kier molecular flexibility index (Phi) is 2.73. The number of nitrogens with two attached hydrogens (primary N) is 1. The number of fused-ring (bicyclic) bond motifs is 2. The van der Waals surface area contributed by atoms with E-state index in [-0.39, 0.29) is 35.5 Å². The molecule has 1 aromatic heterocycles. The first-order chi connectivity index (χ1) is 9.06. The minimum Gasteiger partial charge on any atom is -0.369 e. The number of rotatable bonds is 3. The van der Waals surface area contributed by atoms with Gasteiger partial charge in [0.15, 0.2) is 11.6 Å². The van der Waals surface area contributed by atoms with E-state index in [1.165, 1.54) is 0 Å². The molecule has 6 heteroatoms. The van der Waals surface area contributed by atoms with Gasteiger partial charge in [0.25, 0.3) is 0 Å². The van der Waals surface area contributed by atoms with Gasteiger partial charge in [-0.05, 0) is 25.2 Å². The van der Waals surface area contributed by atoms with Crippen molar-refractivity contribution in [2.24, 2.45) is 23.5 Å². The molecule has 0 aromatic carbocycles. The Balaban J connectivity index is 1.88. The molecule has 100 valence electrons. The van der Waals surface area contributed by atoms with Crippen LogP contribution in [0.25, 0.3) is 0 Å². The molecule has 1 aromatic rings. The molecule has 1 amide bonds. The van der Waals surface area contributed by atoms with Gasteiger partial charge in [-0.25, -0.2) is 14.4 Å². The molecule has 0 aliphatic heterocycles. The molecular formula is C13H15FN4O. The topological polar surface area (TPSA) is 80.9 Å². The molecule has 1 fully saturated rings. The van der Waals surface area contributed by atoms with Crippen LogP contribution in [0.5, 0.6) is 0 Å². The molecule has 0 saturated heterocycles. The van der Waals surface area contributed by atoms with Gasteiger partial charge in [-0.2, -0.15) is 0 Å². The van der Waals surface area contributed by atoms with Crippen molar-refractivity contribution in [3.63, 3.8) is 0 Å². The number of nitrogens with zero attached hydrogens (tertiary/aromatic N) is 2. The van der Waals surface area contributed by atoms with Crippen molar-refractivity contribution < 1.29 is 9.18 Å². The van der Waals surface area contributed by atoms with E-state index in [1.54, 1.807) is 6.92 Å². The van der Waals surface area contributed by atoms with Crippen LogP contribution < -0.4 is 11.1 Å². The average molecular weight is 262 g/mol. The van der Waals surface area contributed by atoms with Gasteiger partial charge in [-0.3, -0.25) is 4.79 Å². The van der Waals surface area contributed by atoms with Crippen LogP contribution in [0.15, 0.2) is 18.3 Å². The van der Waals surface area contributed by atoms with Gasteiger partial charge >= 0.3 is 0 Å². The highest BCUT2D eigenvalue weighted by atomic mass is 19.1. The third kappa shape index (κ3) is 1.97. The first-order valence-electron chi connectivity index (χ1n) is 6.29. The molecule has 0 spiro atoms. The van der Waals surface area contributed by atoms with Crippen LogP contribution in [0.4, 0.5) is 10.2 Å². The predicted octanol–water partition coefficient (Wildman–Crippen LogP) is 1.01. The second-order valence-corrected chi connectivity index (χ2v) is 5.16. The second kappa shape index (κ2) is 4.29. The minimum atomic E-state index is -0.513. The highest BCUT2D eigenvalue weighted by Gasteiger charge is 2.47. The minimum absolute atomic E-state index is 0.143. The summed E-state index contributed by atoms with van der Waals surface area (Å²) in [4.78, 5) is 19.4. The largest absolute Gasteiger partial charge is 0.369 e. The van der Waals surface area contributed by atoms with Crippen molar-refractivity contribution in [3.8, 4) is 0 Å². The number of hydrogen-bond acceptors (Lipinski definition) is 4. The normalized spacial score (nSPS) is 31.7. The zero-order valence-electron chi connectivity index (χ0n) is 10.5. The lowest BCUT2D eigenvalue weighted by Crippen LogP contribution is -2.41. The number of carbonyl (C=O) groups excluding carboxylic acids is 1. The van der Waals surface area contributed by atoms with Gasteiger partial charge in [0.1, 0.15) is 5.82 Å². The summed E-state index contributed by atoms with van der Waals surface area (Å²) in [5, 5.41) is 3.03. The van der Waals surface area contributed by atoms with E-state index >= 15 is 0 Å². The van der Waals surface area contributed by atoms with Gasteiger partial charge in [0.2, 0.25) is 5.91 Å². The number of amides is 1. The molecule has 4 atom stereocenters. The number of carbonyl (C=O) groups is 1. The molecule has 2 aliphatic rings. The van der Waals surface area contributed by atoms with Crippen molar-refractivity contribution in [1.29, 1.82) is 0 Å². The Hall–Kier alpha value is -1.98. The summed E-state index contributed by atoms with van der Waals surface area (Å²) in [5.74, 6) is -0.170. The number of nitrogens with one attached hydrogen (secondary N) is 1. The molecule has 3 N–H and O–H groups in total. The number of aromatic nitrogens is 2. The van der Waals surface area contributed by atoms with Gasteiger partial charge in [-0.1, -0.05) is 12.2 Å². The standard InChI is InChI=1S/C13H15FN4O/c1-6-16-5-9(14)13(17-6)18-11-8-3-2-7(4-8)10(11)12(15)19/h2-3,5,7-8,10-11H,4H2,1H3,(H2,15,19)(H,16,17,18)/t7-,8+,10?,11?/m1/s1. The summed E-state index contributed by atoms with van der Waals surface area (Å²) in [6.45, 7) is 1.69. The van der Waals surface area contributed by atoms with Crippen molar-refractivity contribution >= 4 is 11.7 Å². The quantitative estimate of drug-likeness (QED) is 0.797. The fraction of sp³-hybridized carbons (Fsp3) is 0.462. The summed E-state index contributed by atoms with van der Waals surface area (Å²) in [6.07, 6.45) is 6.11. The lowest BCUT2D eigenvalue weighted by atomic mass is 9.88. The summed E-state index contributed by atoms with van der Waals surface area (Å²) in [6, 6.07) is -0.184. The van der Waals surface area contributed by atoms with Crippen LogP contribution in [0.2, 0.25) is 0 Å². The summed E-state index contributed by atoms with van der Waals surface area (Å²) in [5.41, 5.74) is 5.46. The second-order valence-electron chi connectivity index (χ2n) is 5.16. The fourth-order valence-electron chi connectivity index (χ4n) is 3.12. The molecule has 5 nitrogen and oxygen atoms in total. The average Bonchev–Trinajstić information content (AvgIpc) is 2.94. The molecule has 2 aliphatic carbocycles. The van der Waals surface area contributed by atoms with Crippen LogP contribution in [-0.4, -0.2) is 21.9 Å². The van der Waals surface area contributed by atoms with Crippen LogP contribution in [-0.2, 0) is 4.79 Å². The Morgan fingerprint density at radius 2 is 2.21 bits per heavy atom. The number of hydrogen-bond donors (Lipinski definition) is 2. The number of primary amides is 1. The van der Waals surface area contributed by atoms with Crippen LogP contribution >= 0.6 is 0 Å². The van der Waals surface area contributed by atoms with E-state index in [0.29, 0.717) is 5.82 Å². The maximum atomic E-state index is 13.7. The number of halogens is 1. The zero-order valence-corrected chi connectivity index (χ0v) is 10.5. The fourth-order valence-corrected chi connectivity index (χ4v) is 3.12. The molecular weight excluding hydrogens is 247 g/mol. The van der Waals surface area contributed by atoms with Crippen molar-refractivity contribution in [1.82, 2.24) is 9.97 Å². The molecule has 0 radical (unpaired) electrons.